The summed E-state index contributed by atoms with van der Waals surface area (Å²) in [6.45, 7) is 4.71. The number of alkyl halides is 1. The minimum Gasteiger partial charge on any atom is -0.478 e. The van der Waals surface area contributed by atoms with Crippen molar-refractivity contribution >= 4 is 17.9 Å². The van der Waals surface area contributed by atoms with Gasteiger partial charge in [0.05, 0.1) is 12.2 Å². The van der Waals surface area contributed by atoms with Crippen molar-refractivity contribution in [1.29, 1.82) is 0 Å². The number of aliphatic carboxylic acids is 1. The Morgan fingerprint density at radius 1 is 1.13 bits per heavy atom. The summed E-state index contributed by atoms with van der Waals surface area (Å²) in [6, 6.07) is 0. The number of halogens is 2. The fourth-order valence-electron chi connectivity index (χ4n) is 8.96. The van der Waals surface area contributed by atoms with Gasteiger partial charge in [-0.05, 0) is 56.6 Å². The molecule has 5 aliphatic rings. The predicted octanol–water partition coefficient (Wildman–Crippen LogP) is 4.83. The standard InChI is InChI=1S/C29H38F2O8/c1-15-11-17-18-13-20(30)19-12-16(32)9-10-26(19,2)28(18,31)23(33)14-27(17,3)29(15,24(34)35)39-25(36)38-22-8-6-5-7-21(22)37-4/h9-10,15,17-18,21-23,33H,5-8,11-14H2,1-4H3,(H,34,35)/t15-,17+,18+,21+,22+,23+,26+,27+,28+,29+/m1/s1. The van der Waals surface area contributed by atoms with Gasteiger partial charge >= 0.3 is 12.1 Å². The number of ether oxygens (including phenoxy) is 3. The lowest BCUT2D eigenvalue weighted by Crippen LogP contribution is -2.69. The molecule has 39 heavy (non-hydrogen) atoms. The van der Waals surface area contributed by atoms with Crippen LogP contribution >= 0.6 is 0 Å². The Kier molecular flexibility index (Phi) is 6.77. The molecular formula is C29H38F2O8. The minimum atomic E-state index is -2.35. The molecule has 3 fully saturated rings. The highest BCUT2D eigenvalue weighted by atomic mass is 19.1. The molecule has 10 atom stereocenters. The van der Waals surface area contributed by atoms with Crippen molar-refractivity contribution in [3.05, 3.63) is 23.6 Å². The number of hydrogen-bond acceptors (Lipinski definition) is 7. The van der Waals surface area contributed by atoms with Crippen LogP contribution in [0.1, 0.15) is 72.1 Å². The molecule has 3 saturated carbocycles. The summed E-state index contributed by atoms with van der Waals surface area (Å²) in [5, 5.41) is 22.1. The van der Waals surface area contributed by atoms with Gasteiger partial charge in [0.15, 0.2) is 11.5 Å². The number of carbonyl (C=O) groups excluding carboxylic acids is 2. The van der Waals surface area contributed by atoms with E-state index in [0.717, 1.165) is 12.8 Å². The van der Waals surface area contributed by atoms with Crippen LogP contribution in [0.25, 0.3) is 0 Å². The molecular weight excluding hydrogens is 514 g/mol. The molecule has 2 N–H and O–H groups in total. The van der Waals surface area contributed by atoms with E-state index in [9.17, 15) is 24.6 Å². The molecule has 0 spiro atoms. The van der Waals surface area contributed by atoms with E-state index >= 15 is 8.78 Å². The Hall–Kier alpha value is -2.33. The van der Waals surface area contributed by atoms with Gasteiger partial charge in [-0.15, -0.1) is 0 Å². The van der Waals surface area contributed by atoms with Crippen molar-refractivity contribution in [3.8, 4) is 0 Å². The molecule has 0 aromatic carbocycles. The van der Waals surface area contributed by atoms with Gasteiger partial charge in [-0.3, -0.25) is 4.79 Å². The first-order valence-corrected chi connectivity index (χ1v) is 13.9. The maximum absolute atomic E-state index is 17.4. The summed E-state index contributed by atoms with van der Waals surface area (Å²) in [5.74, 6) is -4.96. The van der Waals surface area contributed by atoms with E-state index in [1.54, 1.807) is 13.8 Å². The highest BCUT2D eigenvalue weighted by Crippen LogP contribution is 2.71. The van der Waals surface area contributed by atoms with Gasteiger partial charge in [0.2, 0.25) is 5.60 Å². The number of methoxy groups -OCH3 is 1. The number of hydrogen-bond donors (Lipinski definition) is 2. The second-order valence-electron chi connectivity index (χ2n) is 12.6. The Labute approximate surface area is 226 Å². The number of fused-ring (bicyclic) bond motifs is 5. The fraction of sp³-hybridized carbons (Fsp3) is 0.759. The molecule has 0 radical (unpaired) electrons. The molecule has 5 aliphatic carbocycles. The Balaban J connectivity index is 1.52. The van der Waals surface area contributed by atoms with Gasteiger partial charge in [0.1, 0.15) is 11.9 Å². The number of allylic oxidation sites excluding steroid dienone is 4. The first-order valence-electron chi connectivity index (χ1n) is 13.9. The SMILES string of the molecule is CO[C@H]1CCCC[C@@H]1OC(=O)O[C@]1(C(=O)O)[C@H](C)C[C@H]2[C@@H]3CC(F)=C4CC(=O)C=C[C@]4(C)[C@@]3(F)[C@@H](O)C[C@@]21C. The Morgan fingerprint density at radius 3 is 2.44 bits per heavy atom. The maximum atomic E-state index is 17.4. The average molecular weight is 553 g/mol. The molecule has 216 valence electrons. The number of carboxylic acids is 1. The Morgan fingerprint density at radius 2 is 1.79 bits per heavy atom. The largest absolute Gasteiger partial charge is 0.509 e. The van der Waals surface area contributed by atoms with Crippen molar-refractivity contribution in [1.82, 2.24) is 0 Å². The smallest absolute Gasteiger partial charge is 0.478 e. The molecule has 0 unspecified atom stereocenters. The summed E-state index contributed by atoms with van der Waals surface area (Å²) in [5.41, 5.74) is -7.43. The van der Waals surface area contributed by atoms with Crippen molar-refractivity contribution in [2.45, 2.75) is 102 Å². The van der Waals surface area contributed by atoms with Crippen LogP contribution in [-0.2, 0) is 23.8 Å². The van der Waals surface area contributed by atoms with Gasteiger partial charge in [-0.1, -0.05) is 26.3 Å². The molecule has 8 nitrogen and oxygen atoms in total. The first kappa shape index (κ1) is 28.2. The lowest BCUT2D eigenvalue weighted by Gasteiger charge is -2.61. The number of ketones is 1. The zero-order chi connectivity index (χ0) is 28.5. The van der Waals surface area contributed by atoms with Crippen LogP contribution in [0, 0.1) is 28.6 Å². The molecule has 0 bridgehead atoms. The second-order valence-corrected chi connectivity index (χ2v) is 12.6. The van der Waals surface area contributed by atoms with Crippen LogP contribution in [0.15, 0.2) is 23.6 Å². The third-order valence-electron chi connectivity index (χ3n) is 11.0. The molecule has 10 heteroatoms. The van der Waals surface area contributed by atoms with Crippen molar-refractivity contribution in [3.63, 3.8) is 0 Å². The molecule has 0 amide bonds. The normalized spacial score (nSPS) is 47.2. The number of aliphatic hydroxyl groups excluding tert-OH is 1. The second kappa shape index (κ2) is 9.36. The summed E-state index contributed by atoms with van der Waals surface area (Å²) in [4.78, 5) is 38.2. The average Bonchev–Trinajstić information content (AvgIpc) is 3.09. The van der Waals surface area contributed by atoms with E-state index in [2.05, 4.69) is 0 Å². The predicted molar refractivity (Wildman–Crippen MR) is 134 cm³/mol. The molecule has 0 aliphatic heterocycles. The van der Waals surface area contributed by atoms with Gasteiger partial charge in [-0.2, -0.15) is 0 Å². The zero-order valence-corrected chi connectivity index (χ0v) is 22.9. The fourth-order valence-corrected chi connectivity index (χ4v) is 8.96. The number of rotatable bonds is 4. The van der Waals surface area contributed by atoms with E-state index in [4.69, 9.17) is 14.2 Å². The van der Waals surface area contributed by atoms with Crippen LogP contribution in [0.4, 0.5) is 13.6 Å². The lowest BCUT2D eigenvalue weighted by atomic mass is 9.45. The van der Waals surface area contributed by atoms with Crippen LogP contribution in [0.5, 0.6) is 0 Å². The van der Waals surface area contributed by atoms with Gasteiger partial charge in [0.25, 0.3) is 0 Å². The molecule has 0 aromatic rings. The zero-order valence-electron chi connectivity index (χ0n) is 22.9. The van der Waals surface area contributed by atoms with Crippen LogP contribution < -0.4 is 0 Å². The van der Waals surface area contributed by atoms with E-state index in [1.807, 2.05) is 0 Å². The summed E-state index contributed by atoms with van der Waals surface area (Å²) < 4.78 is 49.7. The molecule has 0 aromatic heterocycles. The monoisotopic (exact) mass is 552 g/mol. The van der Waals surface area contributed by atoms with Gasteiger partial charge < -0.3 is 24.4 Å². The third-order valence-corrected chi connectivity index (χ3v) is 11.0. The maximum Gasteiger partial charge on any atom is 0.509 e. The van der Waals surface area contributed by atoms with Crippen LogP contribution in [0.2, 0.25) is 0 Å². The Bertz CT molecular complexity index is 1140. The first-order chi connectivity index (χ1) is 18.3. The molecule has 0 heterocycles. The lowest BCUT2D eigenvalue weighted by molar-refractivity contribution is -0.227. The van der Waals surface area contributed by atoms with E-state index < -0.39 is 70.0 Å². The van der Waals surface area contributed by atoms with Crippen LogP contribution in [-0.4, -0.2) is 64.8 Å². The van der Waals surface area contributed by atoms with Crippen molar-refractivity contribution in [2.75, 3.05) is 7.11 Å². The topological polar surface area (TPSA) is 119 Å². The molecule has 0 saturated heterocycles. The highest BCUT2D eigenvalue weighted by molar-refractivity contribution is 5.93. The summed E-state index contributed by atoms with van der Waals surface area (Å²) in [6.07, 6.45) is 0.983. The van der Waals surface area contributed by atoms with E-state index in [1.165, 1.54) is 26.2 Å². The highest BCUT2D eigenvalue weighted by Gasteiger charge is 2.78. The number of carboxylic acid groups (broad SMARTS) is 1. The van der Waals surface area contributed by atoms with E-state index in [-0.39, 0.29) is 43.1 Å². The molecule has 5 rings (SSSR count). The summed E-state index contributed by atoms with van der Waals surface area (Å²) in [7, 11) is 1.52. The quantitative estimate of drug-likeness (QED) is 0.476. The van der Waals surface area contributed by atoms with Crippen LogP contribution in [0.3, 0.4) is 0 Å². The van der Waals surface area contributed by atoms with E-state index in [0.29, 0.717) is 12.8 Å². The van der Waals surface area contributed by atoms with Crippen molar-refractivity contribution < 1.29 is 47.6 Å². The van der Waals surface area contributed by atoms with Gasteiger partial charge in [-0.25, -0.2) is 18.4 Å². The van der Waals surface area contributed by atoms with Crippen molar-refractivity contribution in [2.24, 2.45) is 28.6 Å². The summed E-state index contributed by atoms with van der Waals surface area (Å²) >= 11 is 0. The minimum absolute atomic E-state index is 0.0342. The van der Waals surface area contributed by atoms with Gasteiger partial charge in [0, 0.05) is 42.6 Å². The number of aliphatic hydroxyl groups is 1. The number of carbonyl (C=O) groups is 3. The third kappa shape index (κ3) is 3.69.